The first-order chi connectivity index (χ1) is 14.8. The molecule has 3 rings (SSSR count). The number of nitrogens with one attached hydrogen (secondary N) is 2. The normalized spacial score (nSPS) is 11.1. The summed E-state index contributed by atoms with van der Waals surface area (Å²) in [5, 5.41) is 9.44. The number of thiazole rings is 1. The van der Waals surface area contributed by atoms with Crippen molar-refractivity contribution in [3.05, 3.63) is 62.7 Å². The van der Waals surface area contributed by atoms with Crippen LogP contribution in [0.4, 0.5) is 13.2 Å². The highest BCUT2D eigenvalue weighted by molar-refractivity contribution is 7.10. The lowest BCUT2D eigenvalue weighted by atomic mass is 10.3. The molecule has 2 amide bonds. The highest BCUT2D eigenvalue weighted by atomic mass is 32.1. The van der Waals surface area contributed by atoms with Gasteiger partial charge in [-0.05, 0) is 35.7 Å². The molecule has 0 fully saturated rings. The zero-order chi connectivity index (χ0) is 22.3. The van der Waals surface area contributed by atoms with E-state index in [2.05, 4.69) is 20.4 Å². The Bertz CT molecular complexity index is 1010. The molecular formula is C19H16F3N3O4S2. The van der Waals surface area contributed by atoms with Gasteiger partial charge >= 0.3 is 6.36 Å². The molecule has 12 heteroatoms. The molecule has 0 bridgehead atoms. The van der Waals surface area contributed by atoms with E-state index in [1.807, 2.05) is 17.5 Å². The van der Waals surface area contributed by atoms with Crippen molar-refractivity contribution in [2.24, 2.45) is 0 Å². The summed E-state index contributed by atoms with van der Waals surface area (Å²) >= 11 is 2.77. The highest BCUT2D eigenvalue weighted by Crippen LogP contribution is 2.24. The fraction of sp³-hybridized carbons (Fsp3) is 0.211. The molecule has 2 aromatic heterocycles. The molecule has 0 spiro atoms. The predicted octanol–water partition coefficient (Wildman–Crippen LogP) is 3.73. The number of rotatable bonds is 9. The molecule has 0 atom stereocenters. The van der Waals surface area contributed by atoms with E-state index >= 15 is 0 Å². The molecule has 0 aliphatic heterocycles. The molecule has 1 aromatic carbocycles. The van der Waals surface area contributed by atoms with Crippen molar-refractivity contribution in [2.75, 3.05) is 6.61 Å². The molecule has 31 heavy (non-hydrogen) atoms. The van der Waals surface area contributed by atoms with E-state index in [-0.39, 0.29) is 36.3 Å². The first-order valence-corrected chi connectivity index (χ1v) is 10.5. The second-order valence-corrected chi connectivity index (χ2v) is 7.95. The number of amides is 2. The molecule has 0 unspecified atom stereocenters. The fourth-order valence-corrected chi connectivity index (χ4v) is 3.64. The average molecular weight is 471 g/mol. The number of thiophene rings is 1. The summed E-state index contributed by atoms with van der Waals surface area (Å²) < 4.78 is 45.4. The Morgan fingerprint density at radius 3 is 2.42 bits per heavy atom. The predicted molar refractivity (Wildman–Crippen MR) is 108 cm³/mol. The minimum Gasteiger partial charge on any atom is -0.484 e. The fourth-order valence-electron chi connectivity index (χ4n) is 2.28. The maximum Gasteiger partial charge on any atom is 0.573 e. The highest BCUT2D eigenvalue weighted by Gasteiger charge is 2.31. The van der Waals surface area contributed by atoms with Crippen molar-refractivity contribution in [1.29, 1.82) is 0 Å². The number of carbonyl (C=O) groups is 2. The second kappa shape index (κ2) is 10.3. The van der Waals surface area contributed by atoms with Gasteiger partial charge in [0.2, 0.25) is 0 Å². The second-order valence-electron chi connectivity index (χ2n) is 5.97. The van der Waals surface area contributed by atoms with Crippen molar-refractivity contribution >= 4 is 34.5 Å². The SMILES string of the molecule is O=C(COc1ccc(OC(F)(F)F)cc1)NCc1nc(C(=O)NCc2cccs2)cs1. The molecule has 164 valence electrons. The Hall–Kier alpha value is -3.12. The van der Waals surface area contributed by atoms with Crippen molar-refractivity contribution in [1.82, 2.24) is 15.6 Å². The maximum atomic E-state index is 12.1. The molecule has 3 aromatic rings. The van der Waals surface area contributed by atoms with Gasteiger partial charge in [-0.1, -0.05) is 6.07 Å². The number of halogens is 3. The van der Waals surface area contributed by atoms with E-state index in [0.717, 1.165) is 17.0 Å². The third-order valence-corrected chi connectivity index (χ3v) is 5.38. The molecule has 0 aliphatic carbocycles. The van der Waals surface area contributed by atoms with Crippen LogP contribution in [0.5, 0.6) is 11.5 Å². The minimum absolute atomic E-state index is 0.115. The molecular weight excluding hydrogens is 455 g/mol. The number of benzene rings is 1. The Morgan fingerprint density at radius 1 is 1.00 bits per heavy atom. The molecule has 2 heterocycles. The Labute approximate surface area is 182 Å². The first-order valence-electron chi connectivity index (χ1n) is 8.79. The number of ether oxygens (including phenoxy) is 2. The van der Waals surface area contributed by atoms with Crippen LogP contribution in [-0.4, -0.2) is 29.8 Å². The van der Waals surface area contributed by atoms with Crippen LogP contribution < -0.4 is 20.1 Å². The molecule has 0 saturated heterocycles. The Balaban J connectivity index is 1.39. The summed E-state index contributed by atoms with van der Waals surface area (Å²) in [6.45, 7) is 0.198. The van der Waals surface area contributed by atoms with Crippen LogP contribution in [-0.2, 0) is 17.9 Å². The van der Waals surface area contributed by atoms with E-state index in [1.165, 1.54) is 34.8 Å². The van der Waals surface area contributed by atoms with Crippen LogP contribution in [0.15, 0.2) is 47.2 Å². The van der Waals surface area contributed by atoms with Gasteiger partial charge in [-0.3, -0.25) is 9.59 Å². The van der Waals surface area contributed by atoms with Crippen LogP contribution in [0.1, 0.15) is 20.4 Å². The van der Waals surface area contributed by atoms with E-state index < -0.39 is 12.3 Å². The molecule has 2 N–H and O–H groups in total. The number of hydrogen-bond acceptors (Lipinski definition) is 7. The molecule has 7 nitrogen and oxygen atoms in total. The van der Waals surface area contributed by atoms with Crippen LogP contribution in [0, 0.1) is 0 Å². The van der Waals surface area contributed by atoms with Gasteiger partial charge in [0.1, 0.15) is 22.2 Å². The third-order valence-electron chi connectivity index (χ3n) is 3.65. The van der Waals surface area contributed by atoms with Gasteiger partial charge in [0.05, 0.1) is 13.1 Å². The van der Waals surface area contributed by atoms with E-state index in [9.17, 15) is 22.8 Å². The van der Waals surface area contributed by atoms with Crippen molar-refractivity contribution in [3.8, 4) is 11.5 Å². The minimum atomic E-state index is -4.78. The van der Waals surface area contributed by atoms with E-state index in [4.69, 9.17) is 4.74 Å². The summed E-state index contributed by atoms with van der Waals surface area (Å²) in [5.41, 5.74) is 0.267. The lowest BCUT2D eigenvalue weighted by Gasteiger charge is -2.10. The molecule has 0 radical (unpaired) electrons. The molecule has 0 saturated carbocycles. The summed E-state index contributed by atoms with van der Waals surface area (Å²) in [6, 6.07) is 8.51. The Kier molecular flexibility index (Phi) is 7.47. The van der Waals surface area contributed by atoms with Crippen molar-refractivity contribution in [3.63, 3.8) is 0 Å². The number of hydrogen-bond donors (Lipinski definition) is 2. The smallest absolute Gasteiger partial charge is 0.484 e. The lowest BCUT2D eigenvalue weighted by Crippen LogP contribution is -2.28. The van der Waals surface area contributed by atoms with Crippen molar-refractivity contribution in [2.45, 2.75) is 19.5 Å². The Morgan fingerprint density at radius 2 is 1.74 bits per heavy atom. The number of nitrogens with zero attached hydrogens (tertiary/aromatic N) is 1. The topological polar surface area (TPSA) is 89.6 Å². The molecule has 0 aliphatic rings. The van der Waals surface area contributed by atoms with Gasteiger partial charge in [0.15, 0.2) is 6.61 Å². The standard InChI is InChI=1S/C19H16F3N3O4S2/c20-19(21,22)29-13-5-3-12(4-6-13)28-10-16(26)23-9-17-25-15(11-31-17)18(27)24-8-14-2-1-7-30-14/h1-7,11H,8-10H2,(H,23,26)(H,24,27). The van der Waals surface area contributed by atoms with Crippen LogP contribution in [0.2, 0.25) is 0 Å². The van der Waals surface area contributed by atoms with Crippen molar-refractivity contribution < 1.29 is 32.2 Å². The zero-order valence-corrected chi connectivity index (χ0v) is 17.4. The summed E-state index contributed by atoms with van der Waals surface area (Å²) in [4.78, 5) is 29.2. The van der Waals surface area contributed by atoms with Gasteiger partial charge in [0.25, 0.3) is 11.8 Å². The third kappa shape index (κ3) is 7.57. The quantitative estimate of drug-likeness (QED) is 0.497. The van der Waals surface area contributed by atoms with Gasteiger partial charge in [-0.2, -0.15) is 0 Å². The summed E-state index contributed by atoms with van der Waals surface area (Å²) in [7, 11) is 0. The number of aromatic nitrogens is 1. The summed E-state index contributed by atoms with van der Waals surface area (Å²) in [6.07, 6.45) is -4.78. The summed E-state index contributed by atoms with van der Waals surface area (Å²) in [5.74, 6) is -0.926. The van der Waals surface area contributed by atoms with Gasteiger partial charge in [-0.15, -0.1) is 35.8 Å². The maximum absolute atomic E-state index is 12.1. The van der Waals surface area contributed by atoms with Gasteiger partial charge in [-0.25, -0.2) is 4.98 Å². The number of alkyl halides is 3. The van der Waals surface area contributed by atoms with Crippen LogP contribution in [0.3, 0.4) is 0 Å². The monoisotopic (exact) mass is 471 g/mol. The van der Waals surface area contributed by atoms with E-state index in [1.54, 1.807) is 5.38 Å². The average Bonchev–Trinajstić information content (AvgIpc) is 3.41. The van der Waals surface area contributed by atoms with E-state index in [0.29, 0.717) is 11.6 Å². The van der Waals surface area contributed by atoms with Gasteiger partial charge < -0.3 is 20.1 Å². The van der Waals surface area contributed by atoms with Gasteiger partial charge in [0, 0.05) is 10.3 Å². The number of carbonyl (C=O) groups excluding carboxylic acids is 2. The zero-order valence-electron chi connectivity index (χ0n) is 15.8. The lowest BCUT2D eigenvalue weighted by molar-refractivity contribution is -0.274. The first kappa shape index (κ1) is 22.6. The van der Waals surface area contributed by atoms with Crippen LogP contribution >= 0.6 is 22.7 Å². The largest absolute Gasteiger partial charge is 0.573 e. The van der Waals surface area contributed by atoms with Crippen LogP contribution in [0.25, 0.3) is 0 Å².